The molecule has 0 unspecified atom stereocenters. The van der Waals surface area contributed by atoms with Gasteiger partial charge in [0.2, 0.25) is 5.60 Å². The topological polar surface area (TPSA) is 41.9 Å². The molecule has 0 saturated carbocycles. The molecule has 0 bridgehead atoms. The molecule has 2 aliphatic rings. The van der Waals surface area contributed by atoms with E-state index in [2.05, 4.69) is 5.16 Å². The zero-order chi connectivity index (χ0) is 14.2. The van der Waals surface area contributed by atoms with Crippen LogP contribution in [0.3, 0.4) is 0 Å². The third-order valence-electron chi connectivity index (χ3n) is 3.89. The molecule has 1 amide bonds. The molecule has 1 saturated heterocycles. The van der Waals surface area contributed by atoms with E-state index in [-0.39, 0.29) is 5.91 Å². The number of hydrogen-bond acceptors (Lipinski definition) is 3. The molecule has 5 heteroatoms. The van der Waals surface area contributed by atoms with E-state index in [0.29, 0.717) is 11.4 Å². The van der Waals surface area contributed by atoms with Gasteiger partial charge >= 0.3 is 0 Å². The van der Waals surface area contributed by atoms with Gasteiger partial charge in [-0.05, 0) is 25.8 Å². The first-order valence-corrected chi connectivity index (χ1v) is 7.27. The Morgan fingerprint density at radius 1 is 1.35 bits per heavy atom. The Morgan fingerprint density at radius 2 is 2.05 bits per heavy atom. The molecular formula is C15H17ClN2O2. The number of amides is 1. The van der Waals surface area contributed by atoms with Gasteiger partial charge in [0.05, 0.1) is 5.71 Å². The van der Waals surface area contributed by atoms with Gasteiger partial charge in [0.25, 0.3) is 5.91 Å². The van der Waals surface area contributed by atoms with Gasteiger partial charge in [0, 0.05) is 30.1 Å². The lowest BCUT2D eigenvalue weighted by molar-refractivity contribution is -0.152. The Kier molecular flexibility index (Phi) is 3.42. The molecular weight excluding hydrogens is 276 g/mol. The Morgan fingerprint density at radius 3 is 2.75 bits per heavy atom. The van der Waals surface area contributed by atoms with Gasteiger partial charge in [-0.15, -0.1) is 0 Å². The minimum absolute atomic E-state index is 0.0285. The van der Waals surface area contributed by atoms with Crippen LogP contribution in [0, 0.1) is 0 Å². The van der Waals surface area contributed by atoms with Crippen LogP contribution in [0.5, 0.6) is 0 Å². The number of likely N-dealkylation sites (tertiary alicyclic amines) is 1. The van der Waals surface area contributed by atoms with Crippen LogP contribution in [0.15, 0.2) is 29.4 Å². The fourth-order valence-corrected chi connectivity index (χ4v) is 2.99. The first-order chi connectivity index (χ1) is 9.60. The zero-order valence-electron chi connectivity index (χ0n) is 11.4. The molecule has 1 aromatic carbocycles. The summed E-state index contributed by atoms with van der Waals surface area (Å²) >= 11 is 6.17. The predicted octanol–water partition coefficient (Wildman–Crippen LogP) is 2.85. The lowest BCUT2D eigenvalue weighted by atomic mass is 9.94. The maximum Gasteiger partial charge on any atom is 0.269 e. The predicted molar refractivity (Wildman–Crippen MR) is 77.9 cm³/mol. The van der Waals surface area contributed by atoms with Crippen LogP contribution >= 0.6 is 11.6 Å². The number of nitrogens with zero attached hydrogens (tertiary/aromatic N) is 2. The summed E-state index contributed by atoms with van der Waals surface area (Å²) in [7, 11) is 0. The molecule has 2 heterocycles. The molecule has 20 heavy (non-hydrogen) atoms. The van der Waals surface area contributed by atoms with Gasteiger partial charge in [-0.2, -0.15) is 0 Å². The quantitative estimate of drug-likeness (QED) is 0.841. The maximum atomic E-state index is 12.5. The first kappa shape index (κ1) is 13.4. The monoisotopic (exact) mass is 292 g/mol. The molecule has 2 aliphatic heterocycles. The second-order valence-corrected chi connectivity index (χ2v) is 5.92. The summed E-state index contributed by atoms with van der Waals surface area (Å²) in [6, 6.07) is 7.49. The van der Waals surface area contributed by atoms with Gasteiger partial charge in [-0.1, -0.05) is 35.0 Å². The number of oxime groups is 1. The number of benzene rings is 1. The molecule has 106 valence electrons. The van der Waals surface area contributed by atoms with Crippen molar-refractivity contribution in [3.8, 4) is 0 Å². The van der Waals surface area contributed by atoms with Crippen LogP contribution in [-0.2, 0) is 9.63 Å². The zero-order valence-corrected chi connectivity index (χ0v) is 12.2. The van der Waals surface area contributed by atoms with E-state index in [1.54, 1.807) is 6.92 Å². The standard InChI is InChI=1S/C15H17ClN2O2/c1-15(14(19)18-8-4-5-9-18)10-13(17-20-15)11-6-2-3-7-12(11)16/h2-3,6-7H,4-5,8-10H2,1H3/t15-/m0/s1. The highest BCUT2D eigenvalue weighted by atomic mass is 35.5. The van der Waals surface area contributed by atoms with E-state index in [4.69, 9.17) is 16.4 Å². The van der Waals surface area contributed by atoms with Crippen molar-refractivity contribution in [3.63, 3.8) is 0 Å². The van der Waals surface area contributed by atoms with Gasteiger partial charge in [0.15, 0.2) is 0 Å². The van der Waals surface area contributed by atoms with Crippen molar-refractivity contribution >= 4 is 23.2 Å². The van der Waals surface area contributed by atoms with Crippen molar-refractivity contribution in [2.75, 3.05) is 13.1 Å². The van der Waals surface area contributed by atoms with Crippen LogP contribution in [0.25, 0.3) is 0 Å². The third kappa shape index (κ3) is 2.29. The second-order valence-electron chi connectivity index (χ2n) is 5.52. The highest BCUT2D eigenvalue weighted by molar-refractivity contribution is 6.34. The van der Waals surface area contributed by atoms with Crippen molar-refractivity contribution in [3.05, 3.63) is 34.9 Å². The average molecular weight is 293 g/mol. The second kappa shape index (κ2) is 5.09. The van der Waals surface area contributed by atoms with E-state index in [1.807, 2.05) is 29.2 Å². The molecule has 1 fully saturated rings. The van der Waals surface area contributed by atoms with Gasteiger partial charge in [-0.3, -0.25) is 4.79 Å². The van der Waals surface area contributed by atoms with Crippen molar-refractivity contribution in [1.29, 1.82) is 0 Å². The molecule has 3 rings (SSSR count). The van der Waals surface area contributed by atoms with E-state index in [9.17, 15) is 4.79 Å². The summed E-state index contributed by atoms with van der Waals surface area (Å²) in [4.78, 5) is 19.9. The first-order valence-electron chi connectivity index (χ1n) is 6.89. The highest BCUT2D eigenvalue weighted by Crippen LogP contribution is 2.31. The molecule has 1 atom stereocenters. The molecule has 0 N–H and O–H groups in total. The van der Waals surface area contributed by atoms with Crippen LogP contribution in [-0.4, -0.2) is 35.2 Å². The molecule has 0 aliphatic carbocycles. The summed E-state index contributed by atoms with van der Waals surface area (Å²) in [5, 5.41) is 4.73. The summed E-state index contributed by atoms with van der Waals surface area (Å²) in [6.45, 7) is 3.44. The van der Waals surface area contributed by atoms with Gasteiger partial charge in [0.1, 0.15) is 0 Å². The normalized spacial score (nSPS) is 25.5. The van der Waals surface area contributed by atoms with Gasteiger partial charge in [-0.25, -0.2) is 0 Å². The van der Waals surface area contributed by atoms with E-state index < -0.39 is 5.60 Å². The third-order valence-corrected chi connectivity index (χ3v) is 4.22. The highest BCUT2D eigenvalue weighted by Gasteiger charge is 2.45. The summed E-state index contributed by atoms with van der Waals surface area (Å²) < 4.78 is 0. The van der Waals surface area contributed by atoms with E-state index in [1.165, 1.54) is 0 Å². The molecule has 4 nitrogen and oxygen atoms in total. The molecule has 0 aromatic heterocycles. The Hall–Kier alpha value is -1.55. The SMILES string of the molecule is C[C@@]1(C(=O)N2CCCC2)CC(c2ccccc2Cl)=NO1. The summed E-state index contributed by atoms with van der Waals surface area (Å²) in [5.74, 6) is 0.0285. The largest absolute Gasteiger partial charge is 0.379 e. The average Bonchev–Trinajstić information content (AvgIpc) is 3.09. The summed E-state index contributed by atoms with van der Waals surface area (Å²) in [6.07, 6.45) is 2.60. The number of rotatable bonds is 2. The lowest BCUT2D eigenvalue weighted by Gasteiger charge is -2.26. The smallest absolute Gasteiger partial charge is 0.269 e. The van der Waals surface area contributed by atoms with Crippen molar-refractivity contribution in [1.82, 2.24) is 4.90 Å². The maximum absolute atomic E-state index is 12.5. The Bertz CT molecular complexity index is 567. The number of halogens is 1. The Balaban J connectivity index is 1.77. The lowest BCUT2D eigenvalue weighted by Crippen LogP contribution is -2.46. The molecule has 0 spiro atoms. The van der Waals surface area contributed by atoms with Crippen LogP contribution < -0.4 is 0 Å². The van der Waals surface area contributed by atoms with Crippen LogP contribution in [0.2, 0.25) is 5.02 Å². The number of hydrogen-bond donors (Lipinski definition) is 0. The number of carbonyl (C=O) groups is 1. The Labute approximate surface area is 123 Å². The van der Waals surface area contributed by atoms with Crippen molar-refractivity contribution < 1.29 is 9.63 Å². The summed E-state index contributed by atoms with van der Waals surface area (Å²) in [5.41, 5.74) is 0.691. The van der Waals surface area contributed by atoms with Gasteiger partial charge < -0.3 is 9.74 Å². The van der Waals surface area contributed by atoms with E-state index >= 15 is 0 Å². The minimum atomic E-state index is -0.890. The van der Waals surface area contributed by atoms with Crippen LogP contribution in [0.1, 0.15) is 31.7 Å². The fourth-order valence-electron chi connectivity index (χ4n) is 2.75. The minimum Gasteiger partial charge on any atom is -0.379 e. The van der Waals surface area contributed by atoms with Crippen LogP contribution in [0.4, 0.5) is 0 Å². The van der Waals surface area contributed by atoms with Crippen molar-refractivity contribution in [2.45, 2.75) is 31.8 Å². The number of carbonyl (C=O) groups excluding carboxylic acids is 1. The fraction of sp³-hybridized carbons (Fsp3) is 0.467. The molecule has 1 aromatic rings. The van der Waals surface area contributed by atoms with Crippen molar-refractivity contribution in [2.24, 2.45) is 5.16 Å². The molecule has 0 radical (unpaired) electrons. The van der Waals surface area contributed by atoms with E-state index in [0.717, 1.165) is 37.2 Å².